The number of anilines is 1. The molecule has 2 aromatic carbocycles. The Kier molecular flexibility index (Phi) is 7.62. The summed E-state index contributed by atoms with van der Waals surface area (Å²) in [4.78, 5) is 13.0. The zero-order chi connectivity index (χ0) is 25.9. The summed E-state index contributed by atoms with van der Waals surface area (Å²) >= 11 is 0. The van der Waals surface area contributed by atoms with Crippen LogP contribution in [-0.2, 0) is 19.9 Å². The molecule has 11 heteroatoms. The monoisotopic (exact) mass is 531 g/mol. The second-order valence-electron chi connectivity index (χ2n) is 8.98. The number of amides is 1. The number of rotatable bonds is 8. The van der Waals surface area contributed by atoms with Gasteiger partial charge >= 0.3 is 0 Å². The number of carbonyl (C=O) groups is 1. The second-order valence-corrected chi connectivity index (χ2v) is 13.0. The molecule has 0 atom stereocenters. The van der Waals surface area contributed by atoms with E-state index in [1.165, 1.54) is 46.8 Å². The highest BCUT2D eigenvalue weighted by molar-refractivity contribution is 7.91. The summed E-state index contributed by atoms with van der Waals surface area (Å²) in [6, 6.07) is 13.7. The lowest BCUT2D eigenvalue weighted by atomic mass is 10.0. The highest BCUT2D eigenvalue weighted by Gasteiger charge is 2.28. The Morgan fingerprint density at radius 1 is 1.00 bits per heavy atom. The fourth-order valence-electron chi connectivity index (χ4n) is 4.01. The van der Waals surface area contributed by atoms with Crippen molar-refractivity contribution in [1.29, 1.82) is 0 Å². The second kappa shape index (κ2) is 10.5. The average Bonchev–Trinajstić information content (AvgIpc) is 3.35. The first-order valence-corrected chi connectivity index (χ1v) is 14.9. The molecule has 1 aliphatic heterocycles. The van der Waals surface area contributed by atoms with Crippen LogP contribution in [0.5, 0.6) is 0 Å². The van der Waals surface area contributed by atoms with Crippen LogP contribution in [-0.4, -0.2) is 51.0 Å². The normalized spacial score (nSPS) is 15.6. The molecule has 1 N–H and O–H groups in total. The number of aromatic nitrogens is 1. The highest BCUT2D eigenvalue weighted by Crippen LogP contribution is 2.26. The number of hydrogen-bond acceptors (Lipinski definition) is 7. The topological polar surface area (TPSA) is 127 Å². The summed E-state index contributed by atoms with van der Waals surface area (Å²) in [5, 5.41) is 6.49. The van der Waals surface area contributed by atoms with Crippen molar-refractivity contribution in [3.8, 4) is 11.3 Å². The Balaban J connectivity index is 1.42. The maximum absolute atomic E-state index is 12.9. The molecule has 0 aliphatic carbocycles. The predicted molar refractivity (Wildman–Crippen MR) is 136 cm³/mol. The van der Waals surface area contributed by atoms with Crippen LogP contribution in [0.3, 0.4) is 0 Å². The zero-order valence-corrected chi connectivity index (χ0v) is 21.8. The fraction of sp³-hybridized carbons (Fsp3) is 0.360. The lowest BCUT2D eigenvalue weighted by Gasteiger charge is -2.29. The van der Waals surface area contributed by atoms with Gasteiger partial charge in [-0.15, -0.1) is 0 Å². The molecule has 192 valence electrons. The molecule has 4 rings (SSSR count). The molecule has 2 heterocycles. The first-order chi connectivity index (χ1) is 17.1. The smallest absolute Gasteiger partial charge is 0.277 e. The van der Waals surface area contributed by atoms with Crippen LogP contribution in [0.2, 0.25) is 0 Å². The molecule has 0 radical (unpaired) electrons. The quantitative estimate of drug-likeness (QED) is 0.462. The molecule has 0 saturated carbocycles. The van der Waals surface area contributed by atoms with E-state index in [9.17, 15) is 21.6 Å². The molecule has 3 aromatic rings. The molecule has 36 heavy (non-hydrogen) atoms. The lowest BCUT2D eigenvalue weighted by molar-refractivity contribution is 0.101. The van der Waals surface area contributed by atoms with Gasteiger partial charge in [0.2, 0.25) is 10.0 Å². The third kappa shape index (κ3) is 5.69. The number of nitrogens with one attached hydrogen (secondary N) is 1. The average molecular weight is 532 g/mol. The number of carbonyl (C=O) groups excluding carboxylic acids is 1. The fourth-order valence-corrected chi connectivity index (χ4v) is 6.80. The molecule has 1 amide bonds. The van der Waals surface area contributed by atoms with Crippen molar-refractivity contribution in [2.24, 2.45) is 5.92 Å². The standard InChI is InChI=1S/C25H29N3O6S2/c1-3-16-35(30,31)21-8-4-19(5-9-21)24-17-23(27-34-24)25(29)26-20-6-10-22(11-7-20)36(32,33)28-14-12-18(2)13-15-28/h4-11,17-18H,3,12-16H2,1-2H3,(H,26,29). The maximum Gasteiger partial charge on any atom is 0.277 e. The number of benzene rings is 2. The molecule has 1 fully saturated rings. The van der Waals surface area contributed by atoms with Crippen LogP contribution in [0.1, 0.15) is 43.6 Å². The van der Waals surface area contributed by atoms with Gasteiger partial charge in [0.25, 0.3) is 5.91 Å². The van der Waals surface area contributed by atoms with Crippen molar-refractivity contribution >= 4 is 31.5 Å². The Morgan fingerprint density at radius 3 is 2.22 bits per heavy atom. The summed E-state index contributed by atoms with van der Waals surface area (Å²) in [6.45, 7) is 4.94. The van der Waals surface area contributed by atoms with Crippen LogP contribution in [0, 0.1) is 5.92 Å². The highest BCUT2D eigenvalue weighted by atomic mass is 32.2. The molecule has 1 aromatic heterocycles. The van der Waals surface area contributed by atoms with Gasteiger partial charge in [-0.25, -0.2) is 16.8 Å². The molecule has 0 unspecified atom stereocenters. The van der Waals surface area contributed by atoms with Gasteiger partial charge < -0.3 is 9.84 Å². The number of nitrogens with zero attached hydrogens (tertiary/aromatic N) is 2. The summed E-state index contributed by atoms with van der Waals surface area (Å²) in [5.74, 6) is 0.390. The van der Waals surface area contributed by atoms with Crippen molar-refractivity contribution in [2.75, 3.05) is 24.2 Å². The minimum absolute atomic E-state index is 0.0341. The van der Waals surface area contributed by atoms with Crippen LogP contribution in [0.25, 0.3) is 11.3 Å². The van der Waals surface area contributed by atoms with Crippen molar-refractivity contribution in [3.05, 3.63) is 60.3 Å². The van der Waals surface area contributed by atoms with E-state index < -0.39 is 25.8 Å². The number of sulfonamides is 1. The van der Waals surface area contributed by atoms with Gasteiger partial charge in [-0.05, 0) is 73.7 Å². The molecule has 0 bridgehead atoms. The Morgan fingerprint density at radius 2 is 1.61 bits per heavy atom. The van der Waals surface area contributed by atoms with Crippen molar-refractivity contribution in [1.82, 2.24) is 9.46 Å². The van der Waals surface area contributed by atoms with Crippen molar-refractivity contribution in [2.45, 2.75) is 42.9 Å². The van der Waals surface area contributed by atoms with Gasteiger partial charge in [0.15, 0.2) is 21.3 Å². The molecular formula is C25H29N3O6S2. The first kappa shape index (κ1) is 26.1. The minimum atomic E-state index is -3.57. The number of sulfone groups is 1. The Hall–Kier alpha value is -3.02. The van der Waals surface area contributed by atoms with Crippen molar-refractivity contribution in [3.63, 3.8) is 0 Å². The maximum atomic E-state index is 12.9. The first-order valence-electron chi connectivity index (χ1n) is 11.8. The number of piperidine rings is 1. The van der Waals surface area contributed by atoms with Gasteiger partial charge in [-0.3, -0.25) is 4.79 Å². The molecule has 0 spiro atoms. The van der Waals surface area contributed by atoms with E-state index in [2.05, 4.69) is 17.4 Å². The van der Waals surface area contributed by atoms with Gasteiger partial charge in [-0.2, -0.15) is 4.31 Å². The van der Waals surface area contributed by atoms with Gasteiger partial charge in [0.1, 0.15) is 0 Å². The van der Waals surface area contributed by atoms with E-state index in [4.69, 9.17) is 4.52 Å². The SMILES string of the molecule is CCCS(=O)(=O)c1ccc(-c2cc(C(=O)Nc3ccc(S(=O)(=O)N4CCC(C)CC4)cc3)no2)cc1. The lowest BCUT2D eigenvalue weighted by Crippen LogP contribution is -2.37. The molecule has 1 saturated heterocycles. The largest absolute Gasteiger partial charge is 0.355 e. The van der Waals surface area contributed by atoms with Crippen molar-refractivity contribution < 1.29 is 26.2 Å². The molecular weight excluding hydrogens is 502 g/mol. The van der Waals surface area contributed by atoms with Crippen LogP contribution < -0.4 is 5.32 Å². The zero-order valence-electron chi connectivity index (χ0n) is 20.2. The summed E-state index contributed by atoms with van der Waals surface area (Å²) in [7, 11) is -6.89. The summed E-state index contributed by atoms with van der Waals surface area (Å²) in [5.41, 5.74) is 1.03. The Labute approximate surface area is 211 Å². The summed E-state index contributed by atoms with van der Waals surface area (Å²) in [6.07, 6.45) is 2.21. The third-order valence-corrected chi connectivity index (χ3v) is 10.1. The van der Waals surface area contributed by atoms with Gasteiger partial charge in [0.05, 0.1) is 15.5 Å². The van der Waals surface area contributed by atoms with E-state index in [1.54, 1.807) is 19.1 Å². The van der Waals surface area contributed by atoms with E-state index in [0.717, 1.165) is 12.8 Å². The predicted octanol–water partition coefficient (Wildman–Crippen LogP) is 4.20. The van der Waals surface area contributed by atoms with E-state index in [0.29, 0.717) is 42.4 Å². The number of hydrogen-bond donors (Lipinski definition) is 1. The Bertz CT molecular complexity index is 1420. The molecule has 1 aliphatic rings. The van der Waals surface area contributed by atoms with Crippen LogP contribution in [0.4, 0.5) is 5.69 Å². The third-order valence-electron chi connectivity index (χ3n) is 6.21. The summed E-state index contributed by atoms with van der Waals surface area (Å²) < 4.78 is 56.9. The van der Waals surface area contributed by atoms with Crippen LogP contribution >= 0.6 is 0 Å². The van der Waals surface area contributed by atoms with Crippen LogP contribution in [0.15, 0.2) is 68.9 Å². The minimum Gasteiger partial charge on any atom is -0.355 e. The van der Waals surface area contributed by atoms with Gasteiger partial charge in [0, 0.05) is 30.4 Å². The van der Waals surface area contributed by atoms with E-state index in [-0.39, 0.29) is 21.2 Å². The van der Waals surface area contributed by atoms with E-state index >= 15 is 0 Å². The van der Waals surface area contributed by atoms with Gasteiger partial charge in [-0.1, -0.05) is 19.0 Å². The molecule has 9 nitrogen and oxygen atoms in total. The van der Waals surface area contributed by atoms with E-state index in [1.807, 2.05) is 0 Å².